The number of benzene rings is 2. The molecule has 1 aromatic heterocycles. The van der Waals surface area contributed by atoms with Crippen molar-refractivity contribution in [3.05, 3.63) is 89.9 Å². The maximum absolute atomic E-state index is 13.3. The molecule has 4 rings (SSSR count). The second-order valence-corrected chi connectivity index (χ2v) is 9.80. The van der Waals surface area contributed by atoms with E-state index in [2.05, 4.69) is 0 Å². The van der Waals surface area contributed by atoms with Crippen LogP contribution in [0.2, 0.25) is 0 Å². The van der Waals surface area contributed by atoms with Gasteiger partial charge in [-0.25, -0.2) is 8.42 Å². The van der Waals surface area contributed by atoms with Gasteiger partial charge in [0.05, 0.1) is 24.2 Å². The van der Waals surface area contributed by atoms with E-state index in [0.717, 1.165) is 24.0 Å². The normalized spacial score (nSPS) is 14.0. The molecule has 0 aliphatic heterocycles. The average Bonchev–Trinajstić information content (AvgIpc) is 3.47. The van der Waals surface area contributed by atoms with Crippen LogP contribution >= 0.6 is 0 Å². The lowest BCUT2D eigenvalue weighted by atomic mass is 10.2. The Morgan fingerprint density at radius 1 is 0.968 bits per heavy atom. The first-order valence-corrected chi connectivity index (χ1v) is 11.8. The van der Waals surface area contributed by atoms with Crippen molar-refractivity contribution in [1.29, 1.82) is 0 Å². The molecule has 0 unspecified atom stereocenters. The molecule has 0 saturated heterocycles. The monoisotopic (exact) mass is 438 g/mol. The van der Waals surface area contributed by atoms with Crippen LogP contribution in [-0.2, 0) is 27.9 Å². The maximum atomic E-state index is 13.3. The molecular weight excluding hydrogens is 412 g/mol. The van der Waals surface area contributed by atoms with Crippen LogP contribution in [0.5, 0.6) is 0 Å². The Hall–Kier alpha value is -2.90. The summed E-state index contributed by atoms with van der Waals surface area (Å²) in [7, 11) is -3.76. The van der Waals surface area contributed by atoms with Gasteiger partial charge in [0.25, 0.3) is 0 Å². The van der Waals surface area contributed by atoms with Crippen molar-refractivity contribution in [3.63, 3.8) is 0 Å². The van der Waals surface area contributed by atoms with Gasteiger partial charge in [-0.3, -0.25) is 4.79 Å². The lowest BCUT2D eigenvalue weighted by molar-refractivity contribution is -0.133. The van der Waals surface area contributed by atoms with E-state index >= 15 is 0 Å². The lowest BCUT2D eigenvalue weighted by Gasteiger charge is -2.27. The molecule has 0 spiro atoms. The molecule has 1 fully saturated rings. The van der Waals surface area contributed by atoms with Crippen LogP contribution in [0.3, 0.4) is 0 Å². The highest BCUT2D eigenvalue weighted by Gasteiger charge is 2.40. The molecule has 2 aromatic carbocycles. The van der Waals surface area contributed by atoms with Crippen LogP contribution in [0.1, 0.15) is 29.7 Å². The zero-order valence-corrected chi connectivity index (χ0v) is 18.3. The maximum Gasteiger partial charge on any atom is 0.243 e. The highest BCUT2D eigenvalue weighted by molar-refractivity contribution is 7.89. The highest BCUT2D eigenvalue weighted by Crippen LogP contribution is 2.32. The summed E-state index contributed by atoms with van der Waals surface area (Å²) in [6, 6.07) is 19.9. The summed E-state index contributed by atoms with van der Waals surface area (Å²) < 4.78 is 33.4. The molecule has 1 amide bonds. The highest BCUT2D eigenvalue weighted by atomic mass is 32.2. The Bertz CT molecular complexity index is 1110. The minimum atomic E-state index is -3.76. The third kappa shape index (κ3) is 5.24. The van der Waals surface area contributed by atoms with Crippen molar-refractivity contribution < 1.29 is 17.6 Å². The topological polar surface area (TPSA) is 70.8 Å². The van der Waals surface area contributed by atoms with E-state index < -0.39 is 10.0 Å². The lowest BCUT2D eigenvalue weighted by Crippen LogP contribution is -2.43. The minimum absolute atomic E-state index is 0.127. The van der Waals surface area contributed by atoms with E-state index in [9.17, 15) is 13.2 Å². The van der Waals surface area contributed by atoms with Crippen molar-refractivity contribution in [3.8, 4) is 0 Å². The van der Waals surface area contributed by atoms with E-state index in [1.165, 1.54) is 4.31 Å². The van der Waals surface area contributed by atoms with E-state index in [-0.39, 0.29) is 29.9 Å². The number of furan rings is 1. The van der Waals surface area contributed by atoms with E-state index in [1.54, 1.807) is 41.5 Å². The number of carbonyl (C=O) groups is 1. The Morgan fingerprint density at radius 3 is 2.29 bits per heavy atom. The van der Waals surface area contributed by atoms with Gasteiger partial charge in [-0.1, -0.05) is 48.0 Å². The minimum Gasteiger partial charge on any atom is -0.467 e. The van der Waals surface area contributed by atoms with Crippen LogP contribution in [-0.4, -0.2) is 36.1 Å². The predicted octanol–water partition coefficient (Wildman–Crippen LogP) is 3.97. The van der Waals surface area contributed by atoms with Gasteiger partial charge < -0.3 is 9.32 Å². The first-order valence-electron chi connectivity index (χ1n) is 10.4. The zero-order chi connectivity index (χ0) is 21.8. The Labute approximate surface area is 183 Å². The summed E-state index contributed by atoms with van der Waals surface area (Å²) in [6.07, 6.45) is 3.11. The van der Waals surface area contributed by atoms with Gasteiger partial charge in [0.1, 0.15) is 5.76 Å². The van der Waals surface area contributed by atoms with E-state index in [4.69, 9.17) is 4.42 Å². The number of hydrogen-bond acceptors (Lipinski definition) is 4. The van der Waals surface area contributed by atoms with Gasteiger partial charge in [0, 0.05) is 12.6 Å². The van der Waals surface area contributed by atoms with Gasteiger partial charge >= 0.3 is 0 Å². The molecule has 1 aliphatic rings. The summed E-state index contributed by atoms with van der Waals surface area (Å²) in [6.45, 7) is 2.39. The second kappa shape index (κ2) is 9.08. The molecule has 0 N–H and O–H groups in total. The molecule has 0 atom stereocenters. The third-order valence-electron chi connectivity index (χ3n) is 5.37. The number of amides is 1. The third-order valence-corrected chi connectivity index (χ3v) is 7.28. The van der Waals surface area contributed by atoms with Crippen LogP contribution in [0.4, 0.5) is 0 Å². The quantitative estimate of drug-likeness (QED) is 0.507. The molecule has 7 heteroatoms. The predicted molar refractivity (Wildman–Crippen MR) is 117 cm³/mol. The standard InChI is InChI=1S/C24H26N2O4S/c1-19-9-13-23(14-10-19)31(28,29)26(21-11-12-21)18-24(27)25(17-22-8-5-15-30-22)16-20-6-3-2-4-7-20/h2-10,13-15,21H,11-12,16-18H2,1H3. The number of nitrogens with zero attached hydrogens (tertiary/aromatic N) is 2. The first kappa shape index (κ1) is 21.3. The largest absolute Gasteiger partial charge is 0.467 e. The molecule has 1 saturated carbocycles. The number of sulfonamides is 1. The molecular formula is C24H26N2O4S. The summed E-state index contributed by atoms with van der Waals surface area (Å²) >= 11 is 0. The summed E-state index contributed by atoms with van der Waals surface area (Å²) in [4.78, 5) is 15.2. The van der Waals surface area contributed by atoms with E-state index in [0.29, 0.717) is 12.3 Å². The summed E-state index contributed by atoms with van der Waals surface area (Å²) in [5.74, 6) is 0.409. The number of hydrogen-bond donors (Lipinski definition) is 0. The molecule has 6 nitrogen and oxygen atoms in total. The molecule has 1 heterocycles. The summed E-state index contributed by atoms with van der Waals surface area (Å²) in [5.41, 5.74) is 1.96. The van der Waals surface area contributed by atoms with Gasteiger partial charge in [0.15, 0.2) is 0 Å². The Balaban J connectivity index is 1.57. The van der Waals surface area contributed by atoms with Gasteiger partial charge in [-0.15, -0.1) is 0 Å². The van der Waals surface area contributed by atoms with Gasteiger partial charge in [-0.05, 0) is 49.6 Å². The number of rotatable bonds is 9. The smallest absolute Gasteiger partial charge is 0.243 e. The fourth-order valence-electron chi connectivity index (χ4n) is 3.48. The molecule has 0 radical (unpaired) electrons. The average molecular weight is 439 g/mol. The number of aryl methyl sites for hydroxylation is 1. The van der Waals surface area contributed by atoms with Gasteiger partial charge in [0.2, 0.25) is 15.9 Å². The van der Waals surface area contributed by atoms with Crippen molar-refractivity contribution in [2.75, 3.05) is 6.54 Å². The number of carbonyl (C=O) groups excluding carboxylic acids is 1. The Morgan fingerprint density at radius 2 is 1.68 bits per heavy atom. The van der Waals surface area contributed by atoms with E-state index in [1.807, 2.05) is 43.3 Å². The molecule has 162 valence electrons. The first-order chi connectivity index (χ1) is 14.9. The van der Waals surface area contributed by atoms with Gasteiger partial charge in [-0.2, -0.15) is 4.31 Å². The van der Waals surface area contributed by atoms with Crippen molar-refractivity contribution in [2.24, 2.45) is 0 Å². The SMILES string of the molecule is Cc1ccc(S(=O)(=O)N(CC(=O)N(Cc2ccccc2)Cc2ccco2)C2CC2)cc1. The van der Waals surface area contributed by atoms with Crippen LogP contribution in [0.25, 0.3) is 0 Å². The van der Waals surface area contributed by atoms with Crippen molar-refractivity contribution in [2.45, 2.75) is 43.8 Å². The molecule has 31 heavy (non-hydrogen) atoms. The van der Waals surface area contributed by atoms with Crippen LogP contribution in [0, 0.1) is 6.92 Å². The van der Waals surface area contributed by atoms with Crippen LogP contribution in [0.15, 0.2) is 82.3 Å². The van der Waals surface area contributed by atoms with Crippen molar-refractivity contribution in [1.82, 2.24) is 9.21 Å². The molecule has 3 aromatic rings. The summed E-state index contributed by atoms with van der Waals surface area (Å²) in [5, 5.41) is 0. The molecule has 0 bridgehead atoms. The van der Waals surface area contributed by atoms with Crippen LogP contribution < -0.4 is 0 Å². The molecule has 1 aliphatic carbocycles. The fraction of sp³-hybridized carbons (Fsp3) is 0.292. The Kier molecular flexibility index (Phi) is 6.25. The van der Waals surface area contributed by atoms with Crippen molar-refractivity contribution >= 4 is 15.9 Å². The zero-order valence-electron chi connectivity index (χ0n) is 17.5. The fourth-order valence-corrected chi connectivity index (χ4v) is 5.11. The second-order valence-electron chi connectivity index (χ2n) is 7.91.